The predicted molar refractivity (Wildman–Crippen MR) is 79.6 cm³/mol. The number of nitrogens with one attached hydrogen (secondary N) is 2. The van der Waals surface area contributed by atoms with Crippen molar-refractivity contribution in [2.75, 3.05) is 6.61 Å². The third-order valence-corrected chi connectivity index (χ3v) is 2.45. The molecule has 3 amide bonds. The van der Waals surface area contributed by atoms with Crippen molar-refractivity contribution in [3.8, 4) is 5.75 Å². The molecule has 0 aliphatic rings. The van der Waals surface area contributed by atoms with Crippen molar-refractivity contribution >= 4 is 17.9 Å². The average Bonchev–Trinajstić information content (AvgIpc) is 2.33. The summed E-state index contributed by atoms with van der Waals surface area (Å²) in [6.07, 6.45) is 0. The number of phenolic OH excluding ortho intramolecular Hbond substituents is 1. The molecule has 0 heterocycles. The molecule has 0 atom stereocenters. The Morgan fingerprint density at radius 3 is 2.41 bits per heavy atom. The molecule has 1 aromatic carbocycles. The molecule has 0 radical (unpaired) electrons. The lowest BCUT2D eigenvalue weighted by molar-refractivity contribution is -0.123. The molecule has 0 bridgehead atoms. The Kier molecular flexibility index (Phi) is 5.50. The number of aromatic hydroxyl groups is 1. The number of imide groups is 1. The molecule has 7 nitrogen and oxygen atoms in total. The van der Waals surface area contributed by atoms with Crippen LogP contribution in [0, 0.1) is 6.92 Å². The molecule has 1 aromatic rings. The van der Waals surface area contributed by atoms with Crippen LogP contribution in [0.1, 0.15) is 36.7 Å². The maximum absolute atomic E-state index is 11.7. The van der Waals surface area contributed by atoms with Crippen LogP contribution >= 0.6 is 0 Å². The molecule has 7 heteroatoms. The summed E-state index contributed by atoms with van der Waals surface area (Å²) in [7, 11) is 0. The fraction of sp³-hybridized carbons (Fsp3) is 0.400. The maximum Gasteiger partial charge on any atom is 0.342 e. The first-order valence-corrected chi connectivity index (χ1v) is 6.67. The van der Waals surface area contributed by atoms with E-state index in [0.717, 1.165) is 5.56 Å². The Balaban J connectivity index is 2.50. The lowest BCUT2D eigenvalue weighted by Crippen LogP contribution is -2.49. The number of phenols is 1. The predicted octanol–water partition coefficient (Wildman–Crippen LogP) is 1.48. The van der Waals surface area contributed by atoms with Gasteiger partial charge in [0.1, 0.15) is 11.3 Å². The first-order chi connectivity index (χ1) is 10.1. The fourth-order valence-corrected chi connectivity index (χ4v) is 1.56. The number of urea groups is 1. The number of esters is 1. The third kappa shape index (κ3) is 5.82. The minimum atomic E-state index is -0.844. The van der Waals surface area contributed by atoms with Crippen molar-refractivity contribution < 1.29 is 24.2 Å². The highest BCUT2D eigenvalue weighted by molar-refractivity contribution is 5.97. The van der Waals surface area contributed by atoms with Crippen LogP contribution in [0.3, 0.4) is 0 Å². The second kappa shape index (κ2) is 6.93. The van der Waals surface area contributed by atoms with Crippen LogP contribution in [0.25, 0.3) is 0 Å². The zero-order valence-electron chi connectivity index (χ0n) is 13.0. The quantitative estimate of drug-likeness (QED) is 0.734. The molecular weight excluding hydrogens is 288 g/mol. The Bertz CT molecular complexity index is 590. The second-order valence-electron chi connectivity index (χ2n) is 5.85. The molecule has 120 valence electrons. The van der Waals surface area contributed by atoms with Crippen LogP contribution in [0.5, 0.6) is 5.75 Å². The van der Waals surface area contributed by atoms with Crippen LogP contribution < -0.4 is 10.6 Å². The van der Waals surface area contributed by atoms with Crippen molar-refractivity contribution in [1.29, 1.82) is 0 Å². The van der Waals surface area contributed by atoms with E-state index in [2.05, 4.69) is 5.32 Å². The number of carbonyl (C=O) groups excluding carboxylic acids is 3. The number of ether oxygens (including phenoxy) is 1. The Labute approximate surface area is 128 Å². The molecule has 0 saturated carbocycles. The smallest absolute Gasteiger partial charge is 0.342 e. The molecule has 0 aliphatic carbocycles. The van der Waals surface area contributed by atoms with E-state index in [1.165, 1.54) is 12.1 Å². The van der Waals surface area contributed by atoms with Gasteiger partial charge < -0.3 is 15.2 Å². The van der Waals surface area contributed by atoms with Crippen LogP contribution in [0.15, 0.2) is 18.2 Å². The summed E-state index contributed by atoms with van der Waals surface area (Å²) in [6, 6.07) is 3.77. The van der Waals surface area contributed by atoms with E-state index in [1.54, 1.807) is 33.8 Å². The number of amides is 3. The lowest BCUT2D eigenvalue weighted by atomic mass is 10.1. The number of hydrogen-bond acceptors (Lipinski definition) is 5. The van der Waals surface area contributed by atoms with Crippen molar-refractivity contribution in [2.24, 2.45) is 0 Å². The average molecular weight is 308 g/mol. The standard InChI is InChI=1S/C15H20N2O5/c1-9-5-6-10(11(18)7-9)13(20)22-8-12(19)16-14(21)17-15(2,3)4/h5-7,18H,8H2,1-4H3,(H2,16,17,19,21). The molecule has 0 fully saturated rings. The van der Waals surface area contributed by atoms with E-state index in [9.17, 15) is 19.5 Å². The lowest BCUT2D eigenvalue weighted by Gasteiger charge is -2.20. The maximum atomic E-state index is 11.7. The van der Waals surface area contributed by atoms with Gasteiger partial charge in [-0.1, -0.05) is 6.07 Å². The minimum absolute atomic E-state index is 0.0439. The summed E-state index contributed by atoms with van der Waals surface area (Å²) in [6.45, 7) is 6.42. The summed E-state index contributed by atoms with van der Waals surface area (Å²) < 4.78 is 4.75. The zero-order chi connectivity index (χ0) is 16.9. The summed E-state index contributed by atoms with van der Waals surface area (Å²) in [5.74, 6) is -1.83. The van der Waals surface area contributed by atoms with Crippen molar-refractivity contribution in [3.63, 3.8) is 0 Å². The molecule has 0 spiro atoms. The van der Waals surface area contributed by atoms with Gasteiger partial charge in [-0.3, -0.25) is 10.1 Å². The Morgan fingerprint density at radius 2 is 1.86 bits per heavy atom. The molecule has 22 heavy (non-hydrogen) atoms. The number of rotatable bonds is 3. The summed E-state index contributed by atoms with van der Waals surface area (Å²) in [4.78, 5) is 34.7. The number of carbonyl (C=O) groups is 3. The van der Waals surface area contributed by atoms with E-state index in [-0.39, 0.29) is 11.3 Å². The van der Waals surface area contributed by atoms with Gasteiger partial charge in [0.2, 0.25) is 0 Å². The largest absolute Gasteiger partial charge is 0.507 e. The third-order valence-electron chi connectivity index (χ3n) is 2.45. The highest BCUT2D eigenvalue weighted by Crippen LogP contribution is 2.19. The molecule has 0 unspecified atom stereocenters. The summed E-state index contributed by atoms with van der Waals surface area (Å²) in [5.41, 5.74) is 0.248. The van der Waals surface area contributed by atoms with E-state index in [1.807, 2.05) is 5.32 Å². The van der Waals surface area contributed by atoms with Crippen LogP contribution in [-0.4, -0.2) is 35.2 Å². The van der Waals surface area contributed by atoms with Crippen LogP contribution in [-0.2, 0) is 9.53 Å². The fourth-order valence-electron chi connectivity index (χ4n) is 1.56. The Hall–Kier alpha value is -2.57. The Morgan fingerprint density at radius 1 is 1.23 bits per heavy atom. The zero-order valence-corrected chi connectivity index (χ0v) is 13.0. The van der Waals surface area contributed by atoms with Gasteiger partial charge in [-0.25, -0.2) is 9.59 Å². The molecule has 0 saturated heterocycles. The van der Waals surface area contributed by atoms with Crippen LogP contribution in [0.4, 0.5) is 4.79 Å². The van der Waals surface area contributed by atoms with Gasteiger partial charge in [0.25, 0.3) is 5.91 Å². The second-order valence-corrected chi connectivity index (χ2v) is 5.85. The molecule has 0 aliphatic heterocycles. The first-order valence-electron chi connectivity index (χ1n) is 6.67. The normalized spacial score (nSPS) is 10.7. The van der Waals surface area contributed by atoms with Crippen molar-refractivity contribution in [2.45, 2.75) is 33.2 Å². The minimum Gasteiger partial charge on any atom is -0.507 e. The van der Waals surface area contributed by atoms with E-state index in [0.29, 0.717) is 0 Å². The van der Waals surface area contributed by atoms with Gasteiger partial charge in [0.15, 0.2) is 6.61 Å². The van der Waals surface area contributed by atoms with Gasteiger partial charge in [-0.2, -0.15) is 0 Å². The highest BCUT2D eigenvalue weighted by atomic mass is 16.5. The molecule has 3 N–H and O–H groups in total. The topological polar surface area (TPSA) is 105 Å². The van der Waals surface area contributed by atoms with Gasteiger partial charge in [0.05, 0.1) is 0 Å². The van der Waals surface area contributed by atoms with Gasteiger partial charge in [0, 0.05) is 5.54 Å². The number of aryl methyl sites for hydroxylation is 1. The van der Waals surface area contributed by atoms with Gasteiger partial charge in [-0.15, -0.1) is 0 Å². The molecule has 0 aromatic heterocycles. The van der Waals surface area contributed by atoms with E-state index >= 15 is 0 Å². The first kappa shape index (κ1) is 17.5. The SMILES string of the molecule is Cc1ccc(C(=O)OCC(=O)NC(=O)NC(C)(C)C)c(O)c1. The van der Waals surface area contributed by atoms with Gasteiger partial charge in [-0.05, 0) is 45.4 Å². The highest BCUT2D eigenvalue weighted by Gasteiger charge is 2.18. The molecular formula is C15H20N2O5. The van der Waals surface area contributed by atoms with Crippen LogP contribution in [0.2, 0.25) is 0 Å². The molecule has 1 rings (SSSR count). The number of benzene rings is 1. The van der Waals surface area contributed by atoms with E-state index in [4.69, 9.17) is 4.74 Å². The monoisotopic (exact) mass is 308 g/mol. The van der Waals surface area contributed by atoms with Gasteiger partial charge >= 0.3 is 12.0 Å². The summed E-state index contributed by atoms with van der Waals surface area (Å²) in [5, 5.41) is 14.2. The summed E-state index contributed by atoms with van der Waals surface area (Å²) >= 11 is 0. The van der Waals surface area contributed by atoms with E-state index < -0.39 is 30.1 Å². The van der Waals surface area contributed by atoms with Crippen molar-refractivity contribution in [1.82, 2.24) is 10.6 Å². The number of hydrogen-bond donors (Lipinski definition) is 3. The van der Waals surface area contributed by atoms with Crippen molar-refractivity contribution in [3.05, 3.63) is 29.3 Å².